The summed E-state index contributed by atoms with van der Waals surface area (Å²) in [7, 11) is 0. The number of carbonyl (C=O) groups is 1. The van der Waals surface area contributed by atoms with Crippen LogP contribution < -0.4 is 0 Å². The second-order valence-corrected chi connectivity index (χ2v) is 18.8. The van der Waals surface area contributed by atoms with Gasteiger partial charge in [-0.25, -0.2) is 0 Å². The first-order valence-corrected chi connectivity index (χ1v) is 19.7. The Labute approximate surface area is 278 Å². The zero-order valence-corrected chi connectivity index (χ0v) is 30.9. The van der Waals surface area contributed by atoms with Crippen molar-refractivity contribution >= 4 is 5.97 Å². The third kappa shape index (κ3) is 5.92. The van der Waals surface area contributed by atoms with Gasteiger partial charge in [-0.3, -0.25) is 4.79 Å². The molecule has 0 heterocycles. The van der Waals surface area contributed by atoms with Crippen molar-refractivity contribution in [3.05, 3.63) is 12.2 Å². The second kappa shape index (κ2) is 13.2. The van der Waals surface area contributed by atoms with E-state index < -0.39 is 0 Å². The summed E-state index contributed by atoms with van der Waals surface area (Å²) < 4.78 is 6.37. The number of hydrogen-bond acceptors (Lipinski definition) is 3. The summed E-state index contributed by atoms with van der Waals surface area (Å²) in [6.45, 7) is 24.1. The molecule has 1 N–H and O–H groups in total. The zero-order valence-electron chi connectivity index (χ0n) is 30.9. The summed E-state index contributed by atoms with van der Waals surface area (Å²) in [6.07, 6.45) is 22.4. The molecule has 5 fully saturated rings. The Bertz CT molecular complexity index is 1060. The van der Waals surface area contributed by atoms with E-state index in [2.05, 4.69) is 62.0 Å². The van der Waals surface area contributed by atoms with Gasteiger partial charge in [-0.05, 0) is 122 Å². The Balaban J connectivity index is 1.24. The number of rotatable bonds is 12. The van der Waals surface area contributed by atoms with Crippen LogP contribution in [0.15, 0.2) is 12.2 Å². The fourth-order valence-corrected chi connectivity index (χ4v) is 13.5. The lowest BCUT2D eigenvalue weighted by atomic mass is 9.32. The van der Waals surface area contributed by atoms with Gasteiger partial charge in [0.25, 0.3) is 0 Å². The maximum Gasteiger partial charge on any atom is 0.306 e. The van der Waals surface area contributed by atoms with Gasteiger partial charge in [0.1, 0.15) is 6.10 Å². The lowest BCUT2D eigenvalue weighted by Gasteiger charge is -2.73. The minimum atomic E-state index is -0.216. The standard InChI is InChI=1S/C42H72O3/c1-10-11-12-13-14-15-16-17-18-19-36(44)45-35-24-26-39(6)32(38(35,4)5)23-27-41(8)33(39)21-20-31-37-30(29(2)3)22-25-40(37,7)34(43)28-42(31,41)9/h30-35,37,43H,2,10-28H2,1,3-9H3. The molecule has 11 unspecified atom stereocenters. The molecule has 3 nitrogen and oxygen atoms in total. The fraction of sp³-hybridized carbons (Fsp3) is 0.929. The van der Waals surface area contributed by atoms with Crippen LogP contribution in [-0.2, 0) is 9.53 Å². The first-order valence-electron chi connectivity index (χ1n) is 19.7. The average Bonchev–Trinajstić information content (AvgIpc) is 3.33. The van der Waals surface area contributed by atoms with Crippen molar-refractivity contribution in [3.63, 3.8) is 0 Å². The topological polar surface area (TPSA) is 46.5 Å². The molecule has 5 aliphatic carbocycles. The summed E-state index contributed by atoms with van der Waals surface area (Å²) in [5.41, 5.74) is 1.99. The minimum Gasteiger partial charge on any atom is -0.462 e. The quantitative estimate of drug-likeness (QED) is 0.133. The highest BCUT2D eigenvalue weighted by molar-refractivity contribution is 5.69. The Kier molecular flexibility index (Phi) is 10.4. The number of hydrogen-bond donors (Lipinski definition) is 1. The van der Waals surface area contributed by atoms with Gasteiger partial charge in [-0.1, -0.05) is 112 Å². The number of aliphatic hydroxyl groups is 1. The molecule has 0 bridgehead atoms. The molecular weight excluding hydrogens is 552 g/mol. The summed E-state index contributed by atoms with van der Waals surface area (Å²) in [5.74, 6) is 3.05. The van der Waals surface area contributed by atoms with E-state index in [1.807, 2.05) is 0 Å². The molecule has 0 aromatic rings. The van der Waals surface area contributed by atoms with E-state index in [1.165, 1.54) is 82.6 Å². The number of aliphatic hydroxyl groups excluding tert-OH is 1. The van der Waals surface area contributed by atoms with Crippen molar-refractivity contribution in [1.29, 1.82) is 0 Å². The van der Waals surface area contributed by atoms with Crippen molar-refractivity contribution in [3.8, 4) is 0 Å². The lowest BCUT2D eigenvalue weighted by Crippen LogP contribution is -2.68. The van der Waals surface area contributed by atoms with Gasteiger partial charge in [0.15, 0.2) is 0 Å². The van der Waals surface area contributed by atoms with Gasteiger partial charge in [0, 0.05) is 11.8 Å². The Morgan fingerprint density at radius 1 is 0.756 bits per heavy atom. The van der Waals surface area contributed by atoms with Crippen LogP contribution in [0.1, 0.15) is 177 Å². The van der Waals surface area contributed by atoms with Crippen molar-refractivity contribution in [2.24, 2.45) is 56.7 Å². The van der Waals surface area contributed by atoms with Crippen LogP contribution in [0.2, 0.25) is 0 Å². The first kappa shape index (κ1) is 35.5. The molecule has 0 amide bonds. The average molecular weight is 625 g/mol. The van der Waals surface area contributed by atoms with Crippen molar-refractivity contribution in [1.82, 2.24) is 0 Å². The second-order valence-electron chi connectivity index (χ2n) is 18.8. The van der Waals surface area contributed by atoms with E-state index >= 15 is 0 Å². The molecule has 258 valence electrons. The zero-order chi connectivity index (χ0) is 32.8. The number of esters is 1. The van der Waals surface area contributed by atoms with Crippen LogP contribution in [0.4, 0.5) is 0 Å². The molecule has 0 spiro atoms. The molecule has 3 heteroatoms. The van der Waals surface area contributed by atoms with E-state index in [-0.39, 0.29) is 45.3 Å². The van der Waals surface area contributed by atoms with Crippen molar-refractivity contribution < 1.29 is 14.6 Å². The third-order valence-corrected chi connectivity index (χ3v) is 16.3. The summed E-state index contributed by atoms with van der Waals surface area (Å²) in [4.78, 5) is 13.1. The molecule has 5 rings (SSSR count). The summed E-state index contributed by atoms with van der Waals surface area (Å²) in [5, 5.41) is 11.9. The maximum atomic E-state index is 13.1. The predicted molar refractivity (Wildman–Crippen MR) is 188 cm³/mol. The third-order valence-electron chi connectivity index (χ3n) is 16.3. The van der Waals surface area contributed by atoms with Crippen LogP contribution in [0.5, 0.6) is 0 Å². The van der Waals surface area contributed by atoms with E-state index in [9.17, 15) is 9.90 Å². The minimum absolute atomic E-state index is 0.0125. The normalized spacial score (nSPS) is 45.1. The first-order chi connectivity index (χ1) is 21.2. The van der Waals surface area contributed by atoms with E-state index in [0.29, 0.717) is 36.0 Å². The number of ether oxygens (including phenoxy) is 1. The van der Waals surface area contributed by atoms with Gasteiger partial charge < -0.3 is 9.84 Å². The maximum absolute atomic E-state index is 13.1. The molecule has 0 radical (unpaired) electrons. The molecule has 5 saturated carbocycles. The smallest absolute Gasteiger partial charge is 0.306 e. The predicted octanol–water partition coefficient (Wildman–Crippen LogP) is 11.5. The lowest BCUT2D eigenvalue weighted by molar-refractivity contribution is -0.262. The highest BCUT2D eigenvalue weighted by Crippen LogP contribution is 2.77. The van der Waals surface area contributed by atoms with Gasteiger partial charge in [0.2, 0.25) is 0 Å². The molecule has 0 aromatic carbocycles. The van der Waals surface area contributed by atoms with Crippen molar-refractivity contribution in [2.45, 2.75) is 190 Å². The van der Waals surface area contributed by atoms with Gasteiger partial charge >= 0.3 is 5.97 Å². The van der Waals surface area contributed by atoms with E-state index in [1.54, 1.807) is 0 Å². The summed E-state index contributed by atoms with van der Waals surface area (Å²) in [6, 6.07) is 0. The largest absolute Gasteiger partial charge is 0.462 e. The molecule has 0 aliphatic heterocycles. The molecule has 5 aliphatic rings. The van der Waals surface area contributed by atoms with Crippen LogP contribution >= 0.6 is 0 Å². The Morgan fingerprint density at radius 3 is 2.02 bits per heavy atom. The monoisotopic (exact) mass is 625 g/mol. The molecule has 0 saturated heterocycles. The summed E-state index contributed by atoms with van der Waals surface area (Å²) >= 11 is 0. The highest BCUT2D eigenvalue weighted by Gasteiger charge is 2.72. The van der Waals surface area contributed by atoms with Gasteiger partial charge in [0.05, 0.1) is 6.10 Å². The number of carbonyl (C=O) groups excluding carboxylic acids is 1. The Morgan fingerprint density at radius 2 is 1.38 bits per heavy atom. The van der Waals surface area contributed by atoms with E-state index in [4.69, 9.17) is 4.74 Å². The van der Waals surface area contributed by atoms with Crippen LogP contribution in [-0.4, -0.2) is 23.3 Å². The van der Waals surface area contributed by atoms with Gasteiger partial charge in [-0.15, -0.1) is 0 Å². The number of allylic oxidation sites excluding steroid dienone is 1. The highest BCUT2D eigenvalue weighted by atomic mass is 16.5. The van der Waals surface area contributed by atoms with Crippen molar-refractivity contribution in [2.75, 3.05) is 0 Å². The van der Waals surface area contributed by atoms with Crippen LogP contribution in [0.25, 0.3) is 0 Å². The number of fused-ring (bicyclic) bond motifs is 7. The van der Waals surface area contributed by atoms with E-state index in [0.717, 1.165) is 38.5 Å². The number of unbranched alkanes of at least 4 members (excludes halogenated alkanes) is 8. The molecule has 0 aromatic heterocycles. The van der Waals surface area contributed by atoms with Crippen LogP contribution in [0.3, 0.4) is 0 Å². The molecule has 45 heavy (non-hydrogen) atoms. The molecular formula is C42H72O3. The molecule has 11 atom stereocenters. The Hall–Kier alpha value is -0.830. The fourth-order valence-electron chi connectivity index (χ4n) is 13.5. The van der Waals surface area contributed by atoms with Gasteiger partial charge in [-0.2, -0.15) is 0 Å². The SMILES string of the molecule is C=C(C)C1CCC2(C)C(O)CC3(C)C(CCC4C5(C)CCC(OC(=O)CCCCCCCCCCC)C(C)(C)C5CCC43C)C12. The van der Waals surface area contributed by atoms with Crippen LogP contribution in [0, 0.1) is 56.7 Å².